The molecule has 2 aromatic rings. The summed E-state index contributed by atoms with van der Waals surface area (Å²) in [6.45, 7) is 0. The number of carbonyl (C=O) groups is 1. The van der Waals surface area contributed by atoms with Crippen LogP contribution in [0.1, 0.15) is 15.9 Å². The van der Waals surface area contributed by atoms with E-state index in [4.69, 9.17) is 16.7 Å². The number of carboxylic acid groups (broad SMARTS) is 1. The van der Waals surface area contributed by atoms with Crippen molar-refractivity contribution in [1.29, 1.82) is 0 Å². The van der Waals surface area contributed by atoms with Crippen LogP contribution in [0.2, 0.25) is 5.02 Å². The quantitative estimate of drug-likeness (QED) is 0.866. The van der Waals surface area contributed by atoms with Crippen molar-refractivity contribution in [2.24, 2.45) is 0 Å². The van der Waals surface area contributed by atoms with Crippen molar-refractivity contribution in [1.82, 2.24) is 0 Å². The van der Waals surface area contributed by atoms with Crippen molar-refractivity contribution in [2.75, 3.05) is 0 Å². The summed E-state index contributed by atoms with van der Waals surface area (Å²) in [5, 5.41) is 11.2. The number of alkyl halides is 3. The Kier molecular flexibility index (Phi) is 3.56. The zero-order valence-corrected chi connectivity index (χ0v) is 10.7. The van der Waals surface area contributed by atoms with Gasteiger partial charge in [0, 0.05) is 21.5 Å². The smallest absolute Gasteiger partial charge is 0.417 e. The van der Waals surface area contributed by atoms with Gasteiger partial charge < -0.3 is 5.11 Å². The van der Waals surface area contributed by atoms with Gasteiger partial charge in [0.15, 0.2) is 0 Å². The lowest BCUT2D eigenvalue weighted by atomic mass is 10.0. The van der Waals surface area contributed by atoms with Crippen LogP contribution in [-0.2, 0) is 6.18 Å². The van der Waals surface area contributed by atoms with Crippen LogP contribution < -0.4 is 0 Å². The second kappa shape index (κ2) is 4.86. The van der Waals surface area contributed by atoms with Gasteiger partial charge in [-0.25, -0.2) is 4.79 Å². The van der Waals surface area contributed by atoms with E-state index in [1.54, 1.807) is 0 Å². The second-order valence-electron chi connectivity index (χ2n) is 3.70. The molecule has 1 N–H and O–H groups in total. The van der Waals surface area contributed by atoms with E-state index in [-0.39, 0.29) is 21.7 Å². The maximum absolute atomic E-state index is 12.8. The van der Waals surface area contributed by atoms with Crippen molar-refractivity contribution in [3.8, 4) is 11.1 Å². The summed E-state index contributed by atoms with van der Waals surface area (Å²) in [4.78, 5) is 10.9. The molecule has 0 saturated carbocycles. The lowest BCUT2D eigenvalue weighted by molar-refractivity contribution is -0.136. The molecule has 1 aromatic carbocycles. The third-order valence-electron chi connectivity index (χ3n) is 2.47. The van der Waals surface area contributed by atoms with Gasteiger partial charge in [0.05, 0.1) is 11.1 Å². The van der Waals surface area contributed by atoms with Crippen molar-refractivity contribution in [3.63, 3.8) is 0 Å². The van der Waals surface area contributed by atoms with Gasteiger partial charge in [-0.05, 0) is 23.6 Å². The normalized spacial score (nSPS) is 11.6. The molecule has 0 bridgehead atoms. The van der Waals surface area contributed by atoms with E-state index < -0.39 is 17.7 Å². The predicted octanol–water partition coefficient (Wildman–Crippen LogP) is 4.79. The summed E-state index contributed by atoms with van der Waals surface area (Å²) in [6.07, 6.45) is -4.50. The van der Waals surface area contributed by atoms with Crippen LogP contribution in [0.4, 0.5) is 13.2 Å². The molecule has 0 amide bonds. The molecule has 1 aromatic heterocycles. The number of benzene rings is 1. The summed E-state index contributed by atoms with van der Waals surface area (Å²) in [6, 6.07) is 3.66. The highest BCUT2D eigenvalue weighted by atomic mass is 35.5. The first-order chi connectivity index (χ1) is 8.80. The Morgan fingerprint density at radius 2 is 1.89 bits per heavy atom. The molecule has 0 unspecified atom stereocenters. The number of halogens is 4. The summed E-state index contributed by atoms with van der Waals surface area (Å²) in [5.41, 5.74) is -0.971. The molecule has 7 heteroatoms. The molecule has 0 spiro atoms. The molecule has 0 aliphatic rings. The first-order valence-corrected chi connectivity index (χ1v) is 6.29. The van der Waals surface area contributed by atoms with Gasteiger partial charge in [-0.3, -0.25) is 0 Å². The van der Waals surface area contributed by atoms with Crippen LogP contribution in [0.5, 0.6) is 0 Å². The summed E-state index contributed by atoms with van der Waals surface area (Å²) in [5.74, 6) is -1.22. The lowest BCUT2D eigenvalue weighted by Gasteiger charge is -2.10. The number of hydrogen-bond acceptors (Lipinski definition) is 2. The van der Waals surface area contributed by atoms with Gasteiger partial charge in [-0.2, -0.15) is 24.5 Å². The Labute approximate surface area is 115 Å². The molecule has 0 radical (unpaired) electrons. The Bertz CT molecular complexity index is 634. The summed E-state index contributed by atoms with van der Waals surface area (Å²) in [7, 11) is 0. The maximum atomic E-state index is 12.8. The number of carboxylic acids is 1. The fraction of sp³-hybridized carbons (Fsp3) is 0.0833. The highest BCUT2D eigenvalue weighted by Crippen LogP contribution is 2.41. The van der Waals surface area contributed by atoms with Crippen LogP contribution >= 0.6 is 22.9 Å². The van der Waals surface area contributed by atoms with Crippen molar-refractivity contribution in [3.05, 3.63) is 45.1 Å². The Morgan fingerprint density at radius 3 is 2.47 bits per heavy atom. The molecule has 1 heterocycles. The highest BCUT2D eigenvalue weighted by Gasteiger charge is 2.34. The number of aromatic carboxylic acids is 1. The Hall–Kier alpha value is -1.53. The molecule has 100 valence electrons. The van der Waals surface area contributed by atoms with Crippen LogP contribution in [-0.4, -0.2) is 11.1 Å². The molecule has 0 saturated heterocycles. The van der Waals surface area contributed by atoms with Gasteiger partial charge in [0.2, 0.25) is 0 Å². The predicted molar refractivity (Wildman–Crippen MR) is 66.7 cm³/mol. The highest BCUT2D eigenvalue weighted by molar-refractivity contribution is 7.08. The zero-order chi connectivity index (χ0) is 14.2. The first kappa shape index (κ1) is 13.9. The molecule has 0 aliphatic heterocycles. The van der Waals surface area contributed by atoms with E-state index in [1.807, 2.05) is 0 Å². The standard InChI is InChI=1S/C12H6ClF3O2S/c13-10-2-1-6(11(17)18)3-7(10)8-4-19-5-9(8)12(14,15)16/h1-5H,(H,17,18). The molecular formula is C12H6ClF3O2S. The van der Waals surface area contributed by atoms with Crippen molar-refractivity contribution >= 4 is 28.9 Å². The minimum atomic E-state index is -4.50. The number of rotatable bonds is 2. The molecular weight excluding hydrogens is 301 g/mol. The van der Waals surface area contributed by atoms with E-state index in [1.165, 1.54) is 17.5 Å². The fourth-order valence-corrected chi connectivity index (χ4v) is 2.66. The third kappa shape index (κ3) is 2.74. The number of hydrogen-bond donors (Lipinski definition) is 1. The fourth-order valence-electron chi connectivity index (χ4n) is 1.59. The Balaban J connectivity index is 2.62. The average molecular weight is 307 g/mol. The molecule has 19 heavy (non-hydrogen) atoms. The largest absolute Gasteiger partial charge is 0.478 e. The zero-order valence-electron chi connectivity index (χ0n) is 9.16. The third-order valence-corrected chi connectivity index (χ3v) is 3.54. The van der Waals surface area contributed by atoms with Gasteiger partial charge >= 0.3 is 12.1 Å². The minimum absolute atomic E-state index is 0.0649. The Morgan fingerprint density at radius 1 is 1.21 bits per heavy atom. The van der Waals surface area contributed by atoms with E-state index in [9.17, 15) is 18.0 Å². The van der Waals surface area contributed by atoms with Gasteiger partial charge in [0.1, 0.15) is 0 Å². The second-order valence-corrected chi connectivity index (χ2v) is 4.85. The summed E-state index contributed by atoms with van der Waals surface area (Å²) < 4.78 is 38.4. The maximum Gasteiger partial charge on any atom is 0.417 e. The molecule has 0 atom stereocenters. The summed E-state index contributed by atoms with van der Waals surface area (Å²) >= 11 is 6.74. The molecule has 0 aliphatic carbocycles. The van der Waals surface area contributed by atoms with E-state index >= 15 is 0 Å². The van der Waals surface area contributed by atoms with Crippen LogP contribution in [0, 0.1) is 0 Å². The van der Waals surface area contributed by atoms with E-state index in [0.717, 1.165) is 22.8 Å². The van der Waals surface area contributed by atoms with Crippen LogP contribution in [0.15, 0.2) is 29.0 Å². The van der Waals surface area contributed by atoms with Crippen molar-refractivity contribution < 1.29 is 23.1 Å². The topological polar surface area (TPSA) is 37.3 Å². The minimum Gasteiger partial charge on any atom is -0.478 e. The first-order valence-electron chi connectivity index (χ1n) is 4.97. The van der Waals surface area contributed by atoms with E-state index in [0.29, 0.717) is 0 Å². The SMILES string of the molecule is O=C(O)c1ccc(Cl)c(-c2cscc2C(F)(F)F)c1. The van der Waals surface area contributed by atoms with Gasteiger partial charge in [-0.15, -0.1) is 0 Å². The van der Waals surface area contributed by atoms with Gasteiger partial charge in [0.25, 0.3) is 0 Å². The van der Waals surface area contributed by atoms with Crippen LogP contribution in [0.3, 0.4) is 0 Å². The van der Waals surface area contributed by atoms with Crippen molar-refractivity contribution in [2.45, 2.75) is 6.18 Å². The van der Waals surface area contributed by atoms with E-state index in [2.05, 4.69) is 0 Å². The van der Waals surface area contributed by atoms with Crippen LogP contribution in [0.25, 0.3) is 11.1 Å². The monoisotopic (exact) mass is 306 g/mol. The number of thiophene rings is 1. The molecule has 0 fully saturated rings. The lowest BCUT2D eigenvalue weighted by Crippen LogP contribution is -2.05. The van der Waals surface area contributed by atoms with Gasteiger partial charge in [-0.1, -0.05) is 11.6 Å². The average Bonchev–Trinajstić information content (AvgIpc) is 2.77. The molecule has 2 nitrogen and oxygen atoms in total. The molecule has 2 rings (SSSR count).